The monoisotopic (exact) mass is 217 g/mol. The first-order valence-electron chi connectivity index (χ1n) is 5.79. The molecule has 0 aliphatic carbocycles. The lowest BCUT2D eigenvalue weighted by atomic mass is 10.2. The van der Waals surface area contributed by atoms with Crippen molar-refractivity contribution in [2.24, 2.45) is 7.05 Å². The van der Waals surface area contributed by atoms with E-state index < -0.39 is 0 Å². The molecule has 0 atom stereocenters. The van der Waals surface area contributed by atoms with Crippen LogP contribution in [0.5, 0.6) is 0 Å². The molecule has 0 spiro atoms. The van der Waals surface area contributed by atoms with E-state index in [1.165, 1.54) is 16.9 Å². The van der Waals surface area contributed by atoms with E-state index in [1.807, 2.05) is 7.05 Å². The molecule has 3 heteroatoms. The summed E-state index contributed by atoms with van der Waals surface area (Å²) in [5.74, 6) is 1.18. The lowest BCUT2D eigenvalue weighted by Gasteiger charge is -2.01. The normalized spacial score (nSPS) is 11.2. The first kappa shape index (κ1) is 11.1. The summed E-state index contributed by atoms with van der Waals surface area (Å²) in [5, 5.41) is 3.16. The van der Waals surface area contributed by atoms with Crippen molar-refractivity contribution >= 4 is 11.0 Å². The van der Waals surface area contributed by atoms with Crippen LogP contribution < -0.4 is 5.32 Å². The summed E-state index contributed by atoms with van der Waals surface area (Å²) in [6.07, 6.45) is 2.16. The zero-order chi connectivity index (χ0) is 11.5. The second kappa shape index (κ2) is 4.66. The first-order valence-corrected chi connectivity index (χ1v) is 5.79. The van der Waals surface area contributed by atoms with Crippen LogP contribution >= 0.6 is 0 Å². The van der Waals surface area contributed by atoms with E-state index in [0.717, 1.165) is 24.9 Å². The number of aryl methyl sites for hydroxylation is 3. The number of rotatable bonds is 4. The lowest BCUT2D eigenvalue weighted by Crippen LogP contribution is -2.09. The second-order valence-electron chi connectivity index (χ2n) is 4.29. The predicted octanol–water partition coefficient (Wildman–Crippen LogP) is 2.03. The fourth-order valence-corrected chi connectivity index (χ4v) is 2.01. The van der Waals surface area contributed by atoms with E-state index in [0.29, 0.717) is 0 Å². The molecule has 0 aliphatic rings. The Balaban J connectivity index is 2.29. The molecule has 16 heavy (non-hydrogen) atoms. The van der Waals surface area contributed by atoms with E-state index in [-0.39, 0.29) is 0 Å². The Labute approximate surface area is 96.5 Å². The largest absolute Gasteiger partial charge is 0.331 e. The van der Waals surface area contributed by atoms with E-state index in [4.69, 9.17) is 0 Å². The Kier molecular flexibility index (Phi) is 3.25. The van der Waals surface area contributed by atoms with Gasteiger partial charge in [-0.2, -0.15) is 0 Å². The third-order valence-corrected chi connectivity index (χ3v) is 2.96. The number of fused-ring (bicyclic) bond motifs is 1. The van der Waals surface area contributed by atoms with Gasteiger partial charge in [0.15, 0.2) is 0 Å². The number of hydrogen-bond acceptors (Lipinski definition) is 2. The second-order valence-corrected chi connectivity index (χ2v) is 4.29. The number of aromatic nitrogens is 2. The van der Waals surface area contributed by atoms with Gasteiger partial charge in [0.25, 0.3) is 0 Å². The van der Waals surface area contributed by atoms with Crippen LogP contribution in [0.1, 0.15) is 17.8 Å². The number of imidazole rings is 1. The highest BCUT2D eigenvalue weighted by Crippen LogP contribution is 2.17. The maximum Gasteiger partial charge on any atom is 0.109 e. The molecule has 86 valence electrons. The third kappa shape index (κ3) is 2.09. The Morgan fingerprint density at radius 2 is 2.19 bits per heavy atom. The fraction of sp³-hybridized carbons (Fsp3) is 0.462. The highest BCUT2D eigenvalue weighted by atomic mass is 15.1. The van der Waals surface area contributed by atoms with Crippen molar-refractivity contribution < 1.29 is 0 Å². The number of hydrogen-bond donors (Lipinski definition) is 1. The molecule has 0 unspecified atom stereocenters. The van der Waals surface area contributed by atoms with Crippen molar-refractivity contribution in [3.05, 3.63) is 29.6 Å². The molecule has 2 aromatic rings. The summed E-state index contributed by atoms with van der Waals surface area (Å²) in [6, 6.07) is 6.44. The lowest BCUT2D eigenvalue weighted by molar-refractivity contribution is 0.685. The molecule has 1 heterocycles. The van der Waals surface area contributed by atoms with Gasteiger partial charge < -0.3 is 9.88 Å². The summed E-state index contributed by atoms with van der Waals surface area (Å²) in [4.78, 5) is 4.68. The Hall–Kier alpha value is -1.35. The standard InChI is InChI=1S/C13H19N3/c1-10-6-7-12-11(9-10)15-13(16(12)3)5-4-8-14-2/h6-7,9,14H,4-5,8H2,1-3H3. The van der Waals surface area contributed by atoms with Crippen LogP contribution in [-0.4, -0.2) is 23.1 Å². The molecular formula is C13H19N3. The molecule has 0 bridgehead atoms. The van der Waals surface area contributed by atoms with E-state index in [2.05, 4.69) is 47.0 Å². The molecule has 2 rings (SSSR count). The van der Waals surface area contributed by atoms with Gasteiger partial charge >= 0.3 is 0 Å². The van der Waals surface area contributed by atoms with Gasteiger partial charge in [-0.05, 0) is 44.6 Å². The number of benzene rings is 1. The van der Waals surface area contributed by atoms with Crippen molar-refractivity contribution in [2.45, 2.75) is 19.8 Å². The average Bonchev–Trinajstić information content (AvgIpc) is 2.56. The highest BCUT2D eigenvalue weighted by Gasteiger charge is 2.06. The van der Waals surface area contributed by atoms with Gasteiger partial charge in [-0.15, -0.1) is 0 Å². The zero-order valence-corrected chi connectivity index (χ0v) is 10.2. The topological polar surface area (TPSA) is 29.9 Å². The molecule has 0 saturated carbocycles. The Morgan fingerprint density at radius 3 is 2.94 bits per heavy atom. The first-order chi connectivity index (χ1) is 7.72. The van der Waals surface area contributed by atoms with Gasteiger partial charge in [0.1, 0.15) is 5.82 Å². The smallest absolute Gasteiger partial charge is 0.109 e. The van der Waals surface area contributed by atoms with Crippen LogP contribution in [0.25, 0.3) is 11.0 Å². The summed E-state index contributed by atoms with van der Waals surface area (Å²) in [5.41, 5.74) is 3.61. The van der Waals surface area contributed by atoms with Gasteiger partial charge in [0.05, 0.1) is 11.0 Å². The molecule has 0 aliphatic heterocycles. The molecule has 0 radical (unpaired) electrons. The number of nitrogens with zero attached hydrogens (tertiary/aromatic N) is 2. The van der Waals surface area contributed by atoms with Crippen LogP contribution in [0.4, 0.5) is 0 Å². The summed E-state index contributed by atoms with van der Waals surface area (Å²) in [7, 11) is 4.08. The maximum atomic E-state index is 4.68. The molecule has 0 amide bonds. The Bertz CT molecular complexity index is 485. The summed E-state index contributed by atoms with van der Waals surface area (Å²) in [6.45, 7) is 3.15. The number of nitrogens with one attached hydrogen (secondary N) is 1. The SMILES string of the molecule is CNCCCc1nc2cc(C)ccc2n1C. The van der Waals surface area contributed by atoms with Crippen molar-refractivity contribution in [3.8, 4) is 0 Å². The summed E-state index contributed by atoms with van der Waals surface area (Å²) >= 11 is 0. The van der Waals surface area contributed by atoms with Gasteiger partial charge in [-0.3, -0.25) is 0 Å². The fourth-order valence-electron chi connectivity index (χ4n) is 2.01. The highest BCUT2D eigenvalue weighted by molar-refractivity contribution is 5.76. The molecule has 0 saturated heterocycles. The van der Waals surface area contributed by atoms with Gasteiger partial charge in [-0.1, -0.05) is 6.07 Å². The maximum absolute atomic E-state index is 4.68. The van der Waals surface area contributed by atoms with Crippen molar-refractivity contribution in [1.29, 1.82) is 0 Å². The molecule has 1 aromatic heterocycles. The van der Waals surface area contributed by atoms with Crippen LogP contribution in [-0.2, 0) is 13.5 Å². The van der Waals surface area contributed by atoms with E-state index in [1.54, 1.807) is 0 Å². The molecular weight excluding hydrogens is 198 g/mol. The van der Waals surface area contributed by atoms with Gasteiger partial charge in [0.2, 0.25) is 0 Å². The van der Waals surface area contributed by atoms with Crippen molar-refractivity contribution in [1.82, 2.24) is 14.9 Å². The quantitative estimate of drug-likeness (QED) is 0.794. The molecule has 1 N–H and O–H groups in total. The minimum Gasteiger partial charge on any atom is -0.331 e. The minimum atomic E-state index is 1.03. The third-order valence-electron chi connectivity index (χ3n) is 2.96. The van der Waals surface area contributed by atoms with Crippen molar-refractivity contribution in [2.75, 3.05) is 13.6 Å². The van der Waals surface area contributed by atoms with Crippen LogP contribution in [0, 0.1) is 6.92 Å². The van der Waals surface area contributed by atoms with Crippen LogP contribution in [0.3, 0.4) is 0 Å². The van der Waals surface area contributed by atoms with Gasteiger partial charge in [0, 0.05) is 13.5 Å². The summed E-state index contributed by atoms with van der Waals surface area (Å²) < 4.78 is 2.20. The molecule has 3 nitrogen and oxygen atoms in total. The van der Waals surface area contributed by atoms with Crippen molar-refractivity contribution in [3.63, 3.8) is 0 Å². The van der Waals surface area contributed by atoms with Gasteiger partial charge in [-0.25, -0.2) is 4.98 Å². The molecule has 1 aromatic carbocycles. The predicted molar refractivity (Wildman–Crippen MR) is 67.7 cm³/mol. The van der Waals surface area contributed by atoms with E-state index in [9.17, 15) is 0 Å². The van der Waals surface area contributed by atoms with E-state index >= 15 is 0 Å². The zero-order valence-electron chi connectivity index (χ0n) is 10.2. The Morgan fingerprint density at radius 1 is 1.38 bits per heavy atom. The van der Waals surface area contributed by atoms with Crippen LogP contribution in [0.15, 0.2) is 18.2 Å². The minimum absolute atomic E-state index is 1.03. The van der Waals surface area contributed by atoms with Crippen LogP contribution in [0.2, 0.25) is 0 Å². The molecule has 0 fully saturated rings. The average molecular weight is 217 g/mol.